The zero-order chi connectivity index (χ0) is 16.2. The standard InChI is InChI=1S/C17H16Cl2N2O2/c18-14-6-5-12(10-15(14)19)11-23-17(22)13-4-3-7-20-16(13)21-8-1-2-9-21/h3-7,10H,1-2,8-9,11H2. The van der Waals surface area contributed by atoms with Crippen LogP contribution in [0.3, 0.4) is 0 Å². The molecule has 0 amide bonds. The number of pyridine rings is 1. The van der Waals surface area contributed by atoms with E-state index in [4.69, 9.17) is 27.9 Å². The van der Waals surface area contributed by atoms with Crippen LogP contribution in [-0.2, 0) is 11.3 Å². The van der Waals surface area contributed by atoms with Crippen molar-refractivity contribution in [1.29, 1.82) is 0 Å². The van der Waals surface area contributed by atoms with Crippen molar-refractivity contribution in [2.45, 2.75) is 19.4 Å². The second-order valence-electron chi connectivity index (χ2n) is 5.39. The summed E-state index contributed by atoms with van der Waals surface area (Å²) in [7, 11) is 0. The number of hydrogen-bond acceptors (Lipinski definition) is 4. The molecule has 0 N–H and O–H groups in total. The van der Waals surface area contributed by atoms with Gasteiger partial charge < -0.3 is 9.64 Å². The number of esters is 1. The van der Waals surface area contributed by atoms with E-state index in [1.807, 2.05) is 0 Å². The SMILES string of the molecule is O=C(OCc1ccc(Cl)c(Cl)c1)c1cccnc1N1CCCC1. The summed E-state index contributed by atoms with van der Waals surface area (Å²) in [6.45, 7) is 1.98. The van der Waals surface area contributed by atoms with Gasteiger partial charge in [-0.1, -0.05) is 29.3 Å². The van der Waals surface area contributed by atoms with E-state index < -0.39 is 0 Å². The van der Waals surface area contributed by atoms with E-state index in [0.29, 0.717) is 21.4 Å². The number of carbonyl (C=O) groups excluding carboxylic acids is 1. The van der Waals surface area contributed by atoms with Crippen LogP contribution in [0.2, 0.25) is 10.0 Å². The Hall–Kier alpha value is -1.78. The van der Waals surface area contributed by atoms with Gasteiger partial charge in [0.1, 0.15) is 18.0 Å². The van der Waals surface area contributed by atoms with Crippen LogP contribution in [-0.4, -0.2) is 24.0 Å². The molecule has 1 saturated heterocycles. The van der Waals surface area contributed by atoms with E-state index in [-0.39, 0.29) is 12.6 Å². The minimum atomic E-state index is -0.383. The fourth-order valence-electron chi connectivity index (χ4n) is 2.59. The molecule has 1 aromatic heterocycles. The van der Waals surface area contributed by atoms with Gasteiger partial charge in [0.25, 0.3) is 0 Å². The Labute approximate surface area is 145 Å². The molecule has 2 aromatic rings. The van der Waals surface area contributed by atoms with Crippen LogP contribution in [0.4, 0.5) is 5.82 Å². The Morgan fingerprint density at radius 2 is 1.96 bits per heavy atom. The maximum atomic E-state index is 12.4. The summed E-state index contributed by atoms with van der Waals surface area (Å²) in [5.74, 6) is 0.315. The Morgan fingerprint density at radius 3 is 2.70 bits per heavy atom. The van der Waals surface area contributed by atoms with Crippen molar-refractivity contribution in [2.75, 3.05) is 18.0 Å². The summed E-state index contributed by atoms with van der Waals surface area (Å²) in [4.78, 5) is 18.9. The van der Waals surface area contributed by atoms with E-state index in [1.54, 1.807) is 36.5 Å². The van der Waals surface area contributed by atoms with E-state index in [2.05, 4.69) is 9.88 Å². The lowest BCUT2D eigenvalue weighted by Gasteiger charge is -2.19. The van der Waals surface area contributed by atoms with Gasteiger partial charge in [-0.15, -0.1) is 0 Å². The lowest BCUT2D eigenvalue weighted by molar-refractivity contribution is 0.0473. The number of benzene rings is 1. The van der Waals surface area contributed by atoms with Crippen molar-refractivity contribution in [3.8, 4) is 0 Å². The summed E-state index contributed by atoms with van der Waals surface area (Å²) in [6.07, 6.45) is 3.94. The molecule has 0 saturated carbocycles. The molecule has 0 unspecified atom stereocenters. The van der Waals surface area contributed by atoms with Crippen LogP contribution in [0, 0.1) is 0 Å². The first kappa shape index (κ1) is 16.1. The van der Waals surface area contributed by atoms with Gasteiger partial charge in [-0.05, 0) is 42.7 Å². The maximum Gasteiger partial charge on any atom is 0.342 e. The highest BCUT2D eigenvalue weighted by Crippen LogP contribution is 2.25. The van der Waals surface area contributed by atoms with Gasteiger partial charge in [-0.2, -0.15) is 0 Å². The molecule has 0 radical (unpaired) electrons. The number of carbonyl (C=O) groups is 1. The Bertz CT molecular complexity index is 715. The molecule has 3 rings (SSSR count). The average Bonchev–Trinajstić information content (AvgIpc) is 3.10. The Kier molecular flexibility index (Phi) is 5.03. The molecule has 0 aliphatic carbocycles. The third kappa shape index (κ3) is 3.77. The summed E-state index contributed by atoms with van der Waals surface area (Å²) in [5, 5.41) is 0.921. The van der Waals surface area contributed by atoms with Crippen molar-refractivity contribution in [3.05, 3.63) is 57.7 Å². The Morgan fingerprint density at radius 1 is 1.17 bits per heavy atom. The number of halogens is 2. The van der Waals surface area contributed by atoms with Gasteiger partial charge in [-0.25, -0.2) is 9.78 Å². The van der Waals surface area contributed by atoms with Gasteiger partial charge in [0.05, 0.1) is 10.0 Å². The smallest absolute Gasteiger partial charge is 0.342 e. The summed E-state index contributed by atoms with van der Waals surface area (Å²) < 4.78 is 5.40. The number of ether oxygens (including phenoxy) is 1. The zero-order valence-electron chi connectivity index (χ0n) is 12.5. The molecule has 120 valence electrons. The van der Waals surface area contributed by atoms with Crippen LogP contribution < -0.4 is 4.90 Å². The largest absolute Gasteiger partial charge is 0.457 e. The zero-order valence-corrected chi connectivity index (χ0v) is 14.0. The molecule has 2 heterocycles. The molecule has 6 heteroatoms. The summed E-state index contributed by atoms with van der Waals surface area (Å²) in [5.41, 5.74) is 1.29. The lowest BCUT2D eigenvalue weighted by atomic mass is 10.2. The predicted molar refractivity (Wildman–Crippen MR) is 91.3 cm³/mol. The number of aromatic nitrogens is 1. The highest BCUT2D eigenvalue weighted by molar-refractivity contribution is 6.42. The molecule has 4 nitrogen and oxygen atoms in total. The number of rotatable bonds is 4. The van der Waals surface area contributed by atoms with E-state index in [0.717, 1.165) is 31.5 Å². The highest BCUT2D eigenvalue weighted by atomic mass is 35.5. The lowest BCUT2D eigenvalue weighted by Crippen LogP contribution is -2.22. The molecule has 0 bridgehead atoms. The highest BCUT2D eigenvalue weighted by Gasteiger charge is 2.21. The number of nitrogens with zero attached hydrogens (tertiary/aromatic N) is 2. The minimum Gasteiger partial charge on any atom is -0.457 e. The van der Waals surface area contributed by atoms with Crippen LogP contribution >= 0.6 is 23.2 Å². The molecule has 0 spiro atoms. The van der Waals surface area contributed by atoms with Gasteiger partial charge >= 0.3 is 5.97 Å². The number of anilines is 1. The fourth-order valence-corrected chi connectivity index (χ4v) is 2.91. The molecule has 23 heavy (non-hydrogen) atoms. The van der Waals surface area contributed by atoms with E-state index in [9.17, 15) is 4.79 Å². The number of hydrogen-bond donors (Lipinski definition) is 0. The van der Waals surface area contributed by atoms with Gasteiger partial charge in [0, 0.05) is 19.3 Å². The van der Waals surface area contributed by atoms with Crippen LogP contribution in [0.5, 0.6) is 0 Å². The fraction of sp³-hybridized carbons (Fsp3) is 0.294. The third-order valence-corrected chi connectivity index (χ3v) is 4.51. The van der Waals surface area contributed by atoms with Crippen LogP contribution in [0.1, 0.15) is 28.8 Å². The normalized spacial score (nSPS) is 14.1. The minimum absolute atomic E-state index is 0.143. The molecule has 1 aliphatic rings. The maximum absolute atomic E-state index is 12.4. The Balaban J connectivity index is 1.72. The van der Waals surface area contributed by atoms with Crippen molar-refractivity contribution in [3.63, 3.8) is 0 Å². The second kappa shape index (κ2) is 7.20. The monoisotopic (exact) mass is 350 g/mol. The quantitative estimate of drug-likeness (QED) is 0.769. The predicted octanol–water partition coefficient (Wildman–Crippen LogP) is 4.35. The van der Waals surface area contributed by atoms with Crippen molar-refractivity contribution in [2.24, 2.45) is 0 Å². The molecular formula is C17H16Cl2N2O2. The first-order chi connectivity index (χ1) is 11.1. The molecule has 1 fully saturated rings. The van der Waals surface area contributed by atoms with Crippen LogP contribution in [0.25, 0.3) is 0 Å². The van der Waals surface area contributed by atoms with E-state index >= 15 is 0 Å². The first-order valence-corrected chi connectivity index (χ1v) is 8.22. The summed E-state index contributed by atoms with van der Waals surface area (Å²) >= 11 is 11.8. The molecular weight excluding hydrogens is 335 g/mol. The molecule has 0 atom stereocenters. The van der Waals surface area contributed by atoms with Crippen LogP contribution in [0.15, 0.2) is 36.5 Å². The average molecular weight is 351 g/mol. The van der Waals surface area contributed by atoms with Gasteiger partial charge in [0.15, 0.2) is 0 Å². The topological polar surface area (TPSA) is 42.4 Å². The van der Waals surface area contributed by atoms with Gasteiger partial charge in [-0.3, -0.25) is 0 Å². The first-order valence-electron chi connectivity index (χ1n) is 7.46. The van der Waals surface area contributed by atoms with Crippen molar-refractivity contribution in [1.82, 2.24) is 4.98 Å². The third-order valence-electron chi connectivity index (χ3n) is 3.77. The van der Waals surface area contributed by atoms with E-state index in [1.165, 1.54) is 0 Å². The van der Waals surface area contributed by atoms with Crippen molar-refractivity contribution >= 4 is 35.0 Å². The van der Waals surface area contributed by atoms with Crippen molar-refractivity contribution < 1.29 is 9.53 Å². The molecule has 1 aliphatic heterocycles. The molecule has 1 aromatic carbocycles. The van der Waals surface area contributed by atoms with Gasteiger partial charge in [0.2, 0.25) is 0 Å². The summed E-state index contributed by atoms with van der Waals surface area (Å²) in [6, 6.07) is 8.66. The second-order valence-corrected chi connectivity index (χ2v) is 6.21.